The van der Waals surface area contributed by atoms with Crippen LogP contribution < -0.4 is 0 Å². The molecule has 1 aromatic carbocycles. The van der Waals surface area contributed by atoms with Crippen molar-refractivity contribution < 1.29 is 8.42 Å². The predicted molar refractivity (Wildman–Crippen MR) is 60.8 cm³/mol. The van der Waals surface area contributed by atoms with E-state index in [1.54, 1.807) is 19.0 Å². The second-order valence-electron chi connectivity index (χ2n) is 3.11. The van der Waals surface area contributed by atoms with Crippen molar-refractivity contribution in [2.75, 3.05) is 14.1 Å². The fraction of sp³-hybridized carbons (Fsp3) is 0.222. The first-order chi connectivity index (χ1) is 6.92. The zero-order valence-electron chi connectivity index (χ0n) is 8.38. The van der Waals surface area contributed by atoms with Crippen LogP contribution in [0.5, 0.6) is 0 Å². The number of nitrogens with zero attached hydrogens (tertiary/aromatic N) is 2. The van der Waals surface area contributed by atoms with Gasteiger partial charge in [0.2, 0.25) is 0 Å². The van der Waals surface area contributed by atoms with Crippen molar-refractivity contribution >= 4 is 28.0 Å². The van der Waals surface area contributed by atoms with Crippen LogP contribution in [0.25, 0.3) is 0 Å². The molecule has 82 valence electrons. The molecule has 0 atom stereocenters. The van der Waals surface area contributed by atoms with E-state index in [1.807, 2.05) is 0 Å². The molecule has 0 aromatic heterocycles. The topological polar surface area (TPSA) is 49.7 Å². The fourth-order valence-electron chi connectivity index (χ4n) is 0.824. The minimum absolute atomic E-state index is 0.130. The lowest BCUT2D eigenvalue weighted by molar-refractivity contribution is 0.595. The summed E-state index contributed by atoms with van der Waals surface area (Å²) < 4.78 is 26.6. The quantitative estimate of drug-likeness (QED) is 0.602. The third-order valence-electron chi connectivity index (χ3n) is 1.53. The minimum atomic E-state index is -3.60. The number of halogens is 1. The Hall–Kier alpha value is -1.07. The Labute approximate surface area is 94.2 Å². The largest absolute Gasteiger partial charge is 0.368 e. The first-order valence-corrected chi connectivity index (χ1v) is 5.96. The van der Waals surface area contributed by atoms with Crippen molar-refractivity contribution in [3.8, 4) is 0 Å². The van der Waals surface area contributed by atoms with Crippen LogP contribution in [0.1, 0.15) is 0 Å². The van der Waals surface area contributed by atoms with Gasteiger partial charge in [-0.25, -0.2) is 0 Å². The van der Waals surface area contributed by atoms with Crippen molar-refractivity contribution in [3.63, 3.8) is 0 Å². The Kier molecular flexibility index (Phi) is 3.71. The molecule has 0 saturated carbocycles. The summed E-state index contributed by atoms with van der Waals surface area (Å²) in [5.41, 5.74) is 0. The standard InChI is InChI=1S/C9H11ClN2O2S/c1-12(2)7-11-15(13,14)9-5-3-8(10)4-6-9/h3-7H,1-2H3. The Morgan fingerprint density at radius 1 is 1.27 bits per heavy atom. The zero-order valence-corrected chi connectivity index (χ0v) is 9.96. The van der Waals surface area contributed by atoms with E-state index >= 15 is 0 Å². The lowest BCUT2D eigenvalue weighted by Gasteiger charge is -2.03. The molecule has 0 heterocycles. The maximum atomic E-state index is 11.6. The lowest BCUT2D eigenvalue weighted by atomic mass is 10.4. The van der Waals surface area contributed by atoms with Gasteiger partial charge in [-0.05, 0) is 24.3 Å². The summed E-state index contributed by atoms with van der Waals surface area (Å²) in [5, 5.41) is 0.491. The highest BCUT2D eigenvalue weighted by atomic mass is 35.5. The molecular formula is C9H11ClN2O2S. The number of benzene rings is 1. The minimum Gasteiger partial charge on any atom is -0.368 e. The number of sulfonamides is 1. The molecule has 1 aromatic rings. The summed E-state index contributed by atoms with van der Waals surface area (Å²) in [4.78, 5) is 1.68. The van der Waals surface area contributed by atoms with Crippen LogP contribution in [0.2, 0.25) is 5.02 Å². The molecule has 0 unspecified atom stereocenters. The van der Waals surface area contributed by atoms with Crippen molar-refractivity contribution in [3.05, 3.63) is 29.3 Å². The van der Waals surface area contributed by atoms with Gasteiger partial charge in [-0.15, -0.1) is 4.40 Å². The average molecular weight is 247 g/mol. The van der Waals surface area contributed by atoms with Crippen molar-refractivity contribution in [1.29, 1.82) is 0 Å². The molecule has 15 heavy (non-hydrogen) atoms. The SMILES string of the molecule is CN(C)C=NS(=O)(=O)c1ccc(Cl)cc1. The molecule has 0 amide bonds. The molecule has 0 N–H and O–H groups in total. The second-order valence-corrected chi connectivity index (χ2v) is 5.18. The summed E-state index contributed by atoms with van der Waals surface area (Å²) in [5.74, 6) is 0. The molecule has 0 spiro atoms. The Morgan fingerprint density at radius 2 is 1.80 bits per heavy atom. The Morgan fingerprint density at radius 3 is 2.27 bits per heavy atom. The van der Waals surface area contributed by atoms with Gasteiger partial charge in [-0.3, -0.25) is 0 Å². The molecule has 6 heteroatoms. The van der Waals surface area contributed by atoms with Gasteiger partial charge in [0.05, 0.1) is 4.90 Å². The third kappa shape index (κ3) is 3.53. The normalized spacial score (nSPS) is 11.9. The smallest absolute Gasteiger partial charge is 0.283 e. The summed E-state index contributed by atoms with van der Waals surface area (Å²) in [6.45, 7) is 0. The van der Waals surface area contributed by atoms with Crippen molar-refractivity contribution in [1.82, 2.24) is 4.90 Å². The predicted octanol–water partition coefficient (Wildman–Crippen LogP) is 1.62. The van der Waals surface area contributed by atoms with Gasteiger partial charge in [0.1, 0.15) is 6.34 Å². The molecule has 0 fully saturated rings. The average Bonchev–Trinajstić information content (AvgIpc) is 2.16. The van der Waals surface area contributed by atoms with E-state index in [2.05, 4.69) is 4.40 Å². The molecule has 4 nitrogen and oxygen atoms in total. The second kappa shape index (κ2) is 4.63. The zero-order chi connectivity index (χ0) is 11.5. The summed E-state index contributed by atoms with van der Waals surface area (Å²) in [6.07, 6.45) is 1.24. The van der Waals surface area contributed by atoms with Crippen LogP contribution in [0.4, 0.5) is 0 Å². The van der Waals surface area contributed by atoms with Gasteiger partial charge >= 0.3 is 0 Å². The molecule has 1 rings (SSSR count). The van der Waals surface area contributed by atoms with Crippen LogP contribution >= 0.6 is 11.6 Å². The van der Waals surface area contributed by atoms with Crippen LogP contribution in [0, 0.1) is 0 Å². The van der Waals surface area contributed by atoms with Gasteiger partial charge < -0.3 is 4.90 Å². The van der Waals surface area contributed by atoms with Gasteiger partial charge in [-0.1, -0.05) is 11.6 Å². The molecule has 0 saturated heterocycles. The van der Waals surface area contributed by atoms with E-state index in [0.717, 1.165) is 0 Å². The molecule has 0 aliphatic carbocycles. The summed E-state index contributed by atoms with van der Waals surface area (Å²) in [7, 11) is -0.212. The molecule has 0 radical (unpaired) electrons. The summed E-state index contributed by atoms with van der Waals surface area (Å²) >= 11 is 5.65. The number of rotatable bonds is 3. The van der Waals surface area contributed by atoms with E-state index in [-0.39, 0.29) is 4.90 Å². The molecular weight excluding hydrogens is 236 g/mol. The first kappa shape index (κ1) is 12.0. The monoisotopic (exact) mass is 246 g/mol. The van der Waals surface area contributed by atoms with Crippen molar-refractivity contribution in [2.24, 2.45) is 4.40 Å². The number of hydrogen-bond acceptors (Lipinski definition) is 2. The van der Waals surface area contributed by atoms with Gasteiger partial charge in [-0.2, -0.15) is 8.42 Å². The van der Waals surface area contributed by atoms with E-state index in [9.17, 15) is 8.42 Å². The van der Waals surface area contributed by atoms with E-state index in [4.69, 9.17) is 11.6 Å². The van der Waals surface area contributed by atoms with Crippen LogP contribution in [0.3, 0.4) is 0 Å². The summed E-state index contributed by atoms with van der Waals surface area (Å²) in [6, 6.07) is 5.87. The van der Waals surface area contributed by atoms with E-state index in [1.165, 1.54) is 30.6 Å². The first-order valence-electron chi connectivity index (χ1n) is 4.14. The highest BCUT2D eigenvalue weighted by molar-refractivity contribution is 7.90. The Balaban J connectivity index is 3.02. The lowest BCUT2D eigenvalue weighted by Crippen LogP contribution is -2.10. The van der Waals surface area contributed by atoms with Gasteiger partial charge in [0.15, 0.2) is 0 Å². The highest BCUT2D eigenvalue weighted by Gasteiger charge is 2.10. The maximum Gasteiger partial charge on any atom is 0.283 e. The fourth-order valence-corrected chi connectivity index (χ4v) is 1.86. The molecule has 0 bridgehead atoms. The van der Waals surface area contributed by atoms with Crippen LogP contribution in [-0.4, -0.2) is 33.8 Å². The van der Waals surface area contributed by atoms with Crippen molar-refractivity contribution in [2.45, 2.75) is 4.90 Å². The Bertz CT molecular complexity index is 452. The van der Waals surface area contributed by atoms with Crippen LogP contribution in [0.15, 0.2) is 33.6 Å². The van der Waals surface area contributed by atoms with Gasteiger partial charge in [0.25, 0.3) is 10.0 Å². The van der Waals surface area contributed by atoms with Gasteiger partial charge in [0, 0.05) is 19.1 Å². The maximum absolute atomic E-state index is 11.6. The molecule has 0 aliphatic heterocycles. The van der Waals surface area contributed by atoms with E-state index in [0.29, 0.717) is 5.02 Å². The highest BCUT2D eigenvalue weighted by Crippen LogP contribution is 2.15. The van der Waals surface area contributed by atoms with E-state index < -0.39 is 10.0 Å². The number of hydrogen-bond donors (Lipinski definition) is 0. The van der Waals surface area contributed by atoms with Crippen LogP contribution in [-0.2, 0) is 10.0 Å². The third-order valence-corrected chi connectivity index (χ3v) is 3.02. The molecule has 0 aliphatic rings.